The Kier molecular flexibility index (Phi) is 3.83. The second kappa shape index (κ2) is 5.93. The topological polar surface area (TPSA) is 40.0 Å². The molecule has 0 fully saturated rings. The predicted molar refractivity (Wildman–Crippen MR) is 88.6 cm³/mol. The highest BCUT2D eigenvalue weighted by atomic mass is 16.5. The summed E-state index contributed by atoms with van der Waals surface area (Å²) in [5, 5.41) is 0. The van der Waals surface area contributed by atoms with Crippen molar-refractivity contribution in [2.75, 3.05) is 21.3 Å². The summed E-state index contributed by atoms with van der Waals surface area (Å²) in [5.41, 5.74) is 3.96. The monoisotopic (exact) mass is 295 g/mol. The molecule has 0 unspecified atom stereocenters. The molecule has 112 valence electrons. The van der Waals surface area contributed by atoms with Crippen LogP contribution in [0.4, 0.5) is 5.69 Å². The normalized spacial score (nSPS) is 14.0. The van der Waals surface area contributed by atoms with Crippen LogP contribution in [0.5, 0.6) is 17.2 Å². The van der Waals surface area contributed by atoms with E-state index in [1.165, 1.54) is 0 Å². The smallest absolute Gasteiger partial charge is 0.133 e. The third kappa shape index (κ3) is 2.44. The number of allylic oxidation sites excluding steroid dienone is 1. The molecular weight excluding hydrogens is 278 g/mol. The molecule has 0 N–H and O–H groups in total. The third-order valence-electron chi connectivity index (χ3n) is 3.61. The van der Waals surface area contributed by atoms with Crippen molar-refractivity contribution in [2.24, 2.45) is 4.99 Å². The van der Waals surface area contributed by atoms with Crippen LogP contribution in [0.2, 0.25) is 0 Å². The maximum Gasteiger partial charge on any atom is 0.133 e. The Bertz CT molecular complexity index is 738. The quantitative estimate of drug-likeness (QED) is 0.857. The van der Waals surface area contributed by atoms with Crippen LogP contribution in [-0.2, 0) is 0 Å². The van der Waals surface area contributed by atoms with Crippen molar-refractivity contribution in [1.82, 2.24) is 0 Å². The van der Waals surface area contributed by atoms with E-state index in [0.717, 1.165) is 22.4 Å². The summed E-state index contributed by atoms with van der Waals surface area (Å²) in [7, 11) is 4.88. The van der Waals surface area contributed by atoms with Gasteiger partial charge in [0.2, 0.25) is 0 Å². The Balaban J connectivity index is 2.13. The van der Waals surface area contributed by atoms with Gasteiger partial charge in [0.15, 0.2) is 0 Å². The molecule has 1 aliphatic rings. The molecule has 1 aliphatic heterocycles. The maximum absolute atomic E-state index is 5.48. The zero-order valence-corrected chi connectivity index (χ0v) is 12.8. The van der Waals surface area contributed by atoms with E-state index in [9.17, 15) is 0 Å². The number of hydrogen-bond donors (Lipinski definition) is 0. The number of rotatable bonds is 4. The molecule has 3 rings (SSSR count). The van der Waals surface area contributed by atoms with E-state index < -0.39 is 0 Å². The van der Waals surface area contributed by atoms with Crippen molar-refractivity contribution in [1.29, 1.82) is 0 Å². The Hall–Kier alpha value is -2.75. The number of methoxy groups -OCH3 is 3. The van der Waals surface area contributed by atoms with E-state index in [1.807, 2.05) is 42.6 Å². The minimum atomic E-state index is 0.691. The van der Waals surface area contributed by atoms with Crippen LogP contribution in [0.1, 0.15) is 11.1 Å². The van der Waals surface area contributed by atoms with Gasteiger partial charge in [-0.1, -0.05) is 18.2 Å². The van der Waals surface area contributed by atoms with Crippen molar-refractivity contribution in [3.63, 3.8) is 0 Å². The highest BCUT2D eigenvalue weighted by Crippen LogP contribution is 2.39. The fourth-order valence-electron chi connectivity index (χ4n) is 2.48. The SMILES string of the molecule is COc1cc(OC)c(C=C2C=Nc3ccccc32)c(OC)c1. The fraction of sp³-hybridized carbons (Fsp3) is 0.167. The zero-order chi connectivity index (χ0) is 15.5. The number of hydrogen-bond acceptors (Lipinski definition) is 4. The van der Waals surface area contributed by atoms with E-state index >= 15 is 0 Å². The lowest BCUT2D eigenvalue weighted by atomic mass is 10.0. The lowest BCUT2D eigenvalue weighted by molar-refractivity contribution is 0.374. The average molecular weight is 295 g/mol. The third-order valence-corrected chi connectivity index (χ3v) is 3.61. The number of para-hydroxylation sites is 1. The predicted octanol–water partition coefficient (Wildman–Crippen LogP) is 3.97. The molecule has 22 heavy (non-hydrogen) atoms. The maximum atomic E-state index is 5.48. The van der Waals surface area contributed by atoms with E-state index in [2.05, 4.69) is 11.1 Å². The van der Waals surface area contributed by atoms with Gasteiger partial charge in [-0.2, -0.15) is 0 Å². The molecule has 0 radical (unpaired) electrons. The van der Waals surface area contributed by atoms with E-state index in [1.54, 1.807) is 21.3 Å². The Morgan fingerprint density at radius 1 is 0.909 bits per heavy atom. The van der Waals surface area contributed by atoms with Crippen LogP contribution < -0.4 is 14.2 Å². The molecule has 4 heteroatoms. The van der Waals surface area contributed by atoms with Crippen LogP contribution in [0.15, 0.2) is 41.4 Å². The van der Waals surface area contributed by atoms with Gasteiger partial charge >= 0.3 is 0 Å². The molecule has 0 amide bonds. The van der Waals surface area contributed by atoms with Gasteiger partial charge in [-0.3, -0.25) is 4.99 Å². The number of nitrogens with zero attached hydrogens (tertiary/aromatic N) is 1. The molecule has 0 atom stereocenters. The first-order valence-corrected chi connectivity index (χ1v) is 6.92. The summed E-state index contributed by atoms with van der Waals surface area (Å²) in [4.78, 5) is 4.42. The fourth-order valence-corrected chi connectivity index (χ4v) is 2.48. The van der Waals surface area contributed by atoms with E-state index in [-0.39, 0.29) is 0 Å². The van der Waals surface area contributed by atoms with Crippen molar-refractivity contribution in [3.8, 4) is 17.2 Å². The van der Waals surface area contributed by atoms with Crippen molar-refractivity contribution in [3.05, 3.63) is 47.5 Å². The van der Waals surface area contributed by atoms with Crippen LogP contribution in [0.3, 0.4) is 0 Å². The summed E-state index contributed by atoms with van der Waals surface area (Å²) < 4.78 is 16.2. The molecule has 0 spiro atoms. The minimum Gasteiger partial charge on any atom is -0.496 e. The second-order valence-electron chi connectivity index (χ2n) is 4.82. The van der Waals surface area contributed by atoms with Crippen LogP contribution in [0, 0.1) is 0 Å². The average Bonchev–Trinajstić information content (AvgIpc) is 2.98. The molecule has 2 aromatic rings. The van der Waals surface area contributed by atoms with Crippen LogP contribution in [0.25, 0.3) is 11.6 Å². The first kappa shape index (κ1) is 14.2. The first-order chi connectivity index (χ1) is 10.8. The van der Waals surface area contributed by atoms with Crippen LogP contribution >= 0.6 is 0 Å². The van der Waals surface area contributed by atoms with Gasteiger partial charge in [-0.15, -0.1) is 0 Å². The van der Waals surface area contributed by atoms with E-state index in [4.69, 9.17) is 14.2 Å². The summed E-state index contributed by atoms with van der Waals surface area (Å²) in [6.45, 7) is 0. The van der Waals surface area contributed by atoms with Gasteiger partial charge in [0, 0.05) is 29.5 Å². The molecular formula is C18H17NO3. The molecule has 0 aromatic heterocycles. The zero-order valence-electron chi connectivity index (χ0n) is 12.8. The van der Waals surface area contributed by atoms with Gasteiger partial charge in [-0.05, 0) is 12.1 Å². The molecule has 0 bridgehead atoms. The highest BCUT2D eigenvalue weighted by molar-refractivity contribution is 6.21. The van der Waals surface area contributed by atoms with Crippen molar-refractivity contribution < 1.29 is 14.2 Å². The first-order valence-electron chi connectivity index (χ1n) is 6.92. The number of fused-ring (bicyclic) bond motifs is 1. The van der Waals surface area contributed by atoms with E-state index in [0.29, 0.717) is 17.2 Å². The summed E-state index contributed by atoms with van der Waals surface area (Å²) in [5.74, 6) is 2.08. The largest absolute Gasteiger partial charge is 0.496 e. The van der Waals surface area contributed by atoms with Gasteiger partial charge < -0.3 is 14.2 Å². The highest BCUT2D eigenvalue weighted by Gasteiger charge is 2.16. The van der Waals surface area contributed by atoms with Gasteiger partial charge in [-0.25, -0.2) is 0 Å². The second-order valence-corrected chi connectivity index (χ2v) is 4.82. The molecule has 2 aromatic carbocycles. The molecule has 1 heterocycles. The number of benzene rings is 2. The number of aliphatic imine (C=N–C) groups is 1. The van der Waals surface area contributed by atoms with Gasteiger partial charge in [0.05, 0.1) is 32.6 Å². The summed E-state index contributed by atoms with van der Waals surface area (Å²) in [6.07, 6.45) is 3.88. The van der Waals surface area contributed by atoms with Gasteiger partial charge in [0.1, 0.15) is 17.2 Å². The molecule has 0 saturated heterocycles. The van der Waals surface area contributed by atoms with Crippen LogP contribution in [-0.4, -0.2) is 27.5 Å². The lowest BCUT2D eigenvalue weighted by Crippen LogP contribution is -1.95. The Morgan fingerprint density at radius 2 is 1.59 bits per heavy atom. The Morgan fingerprint density at radius 3 is 2.23 bits per heavy atom. The summed E-state index contributed by atoms with van der Waals surface area (Å²) in [6, 6.07) is 11.7. The van der Waals surface area contributed by atoms with Crippen molar-refractivity contribution in [2.45, 2.75) is 0 Å². The number of ether oxygens (including phenoxy) is 3. The molecule has 0 saturated carbocycles. The standard InChI is InChI=1S/C18H17NO3/c1-20-13-9-17(21-2)15(18(10-13)22-3)8-12-11-19-16-7-5-4-6-14(12)16/h4-11H,1-3H3. The lowest BCUT2D eigenvalue weighted by Gasteiger charge is -2.13. The molecule has 0 aliphatic carbocycles. The minimum absolute atomic E-state index is 0.691. The van der Waals surface area contributed by atoms with Gasteiger partial charge in [0.25, 0.3) is 0 Å². The van der Waals surface area contributed by atoms with Crippen molar-refractivity contribution >= 4 is 23.6 Å². The summed E-state index contributed by atoms with van der Waals surface area (Å²) >= 11 is 0. The Labute approximate surface area is 129 Å². The molecule has 4 nitrogen and oxygen atoms in total.